The summed E-state index contributed by atoms with van der Waals surface area (Å²) in [6, 6.07) is 0. The SMILES string of the molecule is CCN(CC(O)O)C(=N)CNP(=O)(O)O. The van der Waals surface area contributed by atoms with Crippen molar-refractivity contribution >= 4 is 13.6 Å². The molecule has 0 radical (unpaired) electrons. The van der Waals surface area contributed by atoms with E-state index in [2.05, 4.69) is 0 Å². The molecule has 0 rings (SSSR count). The Morgan fingerprint density at radius 2 is 2.07 bits per heavy atom. The number of aliphatic hydroxyl groups is 2. The molecule has 0 aliphatic carbocycles. The molecule has 0 bridgehead atoms. The van der Waals surface area contributed by atoms with E-state index < -0.39 is 14.0 Å². The molecular weight excluding hydrogens is 225 g/mol. The molecule has 0 saturated carbocycles. The van der Waals surface area contributed by atoms with Gasteiger partial charge in [0, 0.05) is 6.54 Å². The Labute approximate surface area is 87.3 Å². The van der Waals surface area contributed by atoms with E-state index in [1.54, 1.807) is 6.92 Å². The first-order valence-electron chi connectivity index (χ1n) is 4.25. The third-order valence-corrected chi connectivity index (χ3v) is 2.17. The Hall–Kier alpha value is -0.500. The largest absolute Gasteiger partial charge is 0.400 e. The lowest BCUT2D eigenvalue weighted by molar-refractivity contribution is -0.0509. The number of amidine groups is 1. The van der Waals surface area contributed by atoms with E-state index >= 15 is 0 Å². The molecule has 0 saturated heterocycles. The first kappa shape index (κ1) is 14.5. The summed E-state index contributed by atoms with van der Waals surface area (Å²) in [5.41, 5.74) is 0. The van der Waals surface area contributed by atoms with E-state index in [0.29, 0.717) is 6.54 Å². The Morgan fingerprint density at radius 3 is 2.40 bits per heavy atom. The van der Waals surface area contributed by atoms with Crippen molar-refractivity contribution in [1.29, 1.82) is 5.41 Å². The standard InChI is InChI=1S/C6H16N3O5P/c1-2-9(4-6(10)11)5(7)3-8-15(12,13)14/h6-7,10-11H,2-4H2,1H3,(H3,8,12,13,14). The van der Waals surface area contributed by atoms with Gasteiger partial charge in [-0.3, -0.25) is 5.41 Å². The molecule has 0 unspecified atom stereocenters. The lowest BCUT2D eigenvalue weighted by atomic mass is 10.4. The van der Waals surface area contributed by atoms with Crippen LogP contribution >= 0.6 is 7.75 Å². The number of nitrogens with one attached hydrogen (secondary N) is 2. The maximum atomic E-state index is 10.4. The van der Waals surface area contributed by atoms with Gasteiger partial charge in [0.25, 0.3) is 0 Å². The lowest BCUT2D eigenvalue weighted by Crippen LogP contribution is -2.41. The van der Waals surface area contributed by atoms with Crippen molar-refractivity contribution in [2.45, 2.75) is 13.2 Å². The number of hydrogen-bond acceptors (Lipinski definition) is 4. The number of aliphatic hydroxyl groups excluding tert-OH is 1. The summed E-state index contributed by atoms with van der Waals surface area (Å²) in [5.74, 6) is -0.117. The third kappa shape index (κ3) is 7.43. The molecule has 0 fully saturated rings. The van der Waals surface area contributed by atoms with Crippen LogP contribution in [-0.4, -0.2) is 56.7 Å². The van der Waals surface area contributed by atoms with E-state index in [1.165, 1.54) is 4.90 Å². The van der Waals surface area contributed by atoms with Crippen molar-refractivity contribution in [1.82, 2.24) is 9.99 Å². The van der Waals surface area contributed by atoms with E-state index in [0.717, 1.165) is 0 Å². The summed E-state index contributed by atoms with van der Waals surface area (Å²) in [7, 11) is -4.35. The molecule has 0 aromatic rings. The predicted molar refractivity (Wildman–Crippen MR) is 53.2 cm³/mol. The zero-order chi connectivity index (χ0) is 12.1. The first-order chi connectivity index (χ1) is 6.76. The summed E-state index contributed by atoms with van der Waals surface area (Å²) in [6.45, 7) is 1.54. The zero-order valence-corrected chi connectivity index (χ0v) is 9.18. The quantitative estimate of drug-likeness (QED) is 0.141. The van der Waals surface area contributed by atoms with Gasteiger partial charge >= 0.3 is 7.75 Å². The van der Waals surface area contributed by atoms with Crippen LogP contribution in [0.1, 0.15) is 6.92 Å². The summed E-state index contributed by atoms with van der Waals surface area (Å²) in [4.78, 5) is 18.3. The molecule has 0 spiro atoms. The molecule has 0 amide bonds. The van der Waals surface area contributed by atoms with Crippen molar-refractivity contribution in [2.24, 2.45) is 0 Å². The molecule has 90 valence electrons. The van der Waals surface area contributed by atoms with Gasteiger partial charge in [0.2, 0.25) is 0 Å². The van der Waals surface area contributed by atoms with Crippen LogP contribution in [0.15, 0.2) is 0 Å². The number of hydrogen-bond donors (Lipinski definition) is 6. The van der Waals surface area contributed by atoms with Crippen molar-refractivity contribution in [2.75, 3.05) is 19.6 Å². The highest BCUT2D eigenvalue weighted by atomic mass is 31.2. The monoisotopic (exact) mass is 241 g/mol. The molecule has 6 N–H and O–H groups in total. The first-order valence-corrected chi connectivity index (χ1v) is 5.86. The predicted octanol–water partition coefficient (Wildman–Crippen LogP) is -1.72. The summed E-state index contributed by atoms with van der Waals surface area (Å²) in [6.07, 6.45) is -1.58. The van der Waals surface area contributed by atoms with E-state index in [-0.39, 0.29) is 18.9 Å². The minimum Gasteiger partial charge on any atom is -0.367 e. The van der Waals surface area contributed by atoms with Crippen LogP contribution in [0, 0.1) is 5.41 Å². The van der Waals surface area contributed by atoms with Gasteiger partial charge in [-0.05, 0) is 6.92 Å². The van der Waals surface area contributed by atoms with Crippen LogP contribution < -0.4 is 5.09 Å². The minimum absolute atomic E-state index is 0.117. The smallest absolute Gasteiger partial charge is 0.367 e. The second kappa shape index (κ2) is 6.16. The molecule has 15 heavy (non-hydrogen) atoms. The highest BCUT2D eigenvalue weighted by Gasteiger charge is 2.16. The van der Waals surface area contributed by atoms with Crippen LogP contribution in [-0.2, 0) is 4.57 Å². The van der Waals surface area contributed by atoms with Gasteiger partial charge in [-0.25, -0.2) is 9.65 Å². The third-order valence-electron chi connectivity index (χ3n) is 1.60. The van der Waals surface area contributed by atoms with Gasteiger partial charge in [-0.15, -0.1) is 0 Å². The summed E-state index contributed by atoms with van der Waals surface area (Å²) >= 11 is 0. The molecule has 0 aromatic heterocycles. The fourth-order valence-corrected chi connectivity index (χ4v) is 1.27. The van der Waals surface area contributed by atoms with E-state index in [9.17, 15) is 4.57 Å². The highest BCUT2D eigenvalue weighted by Crippen LogP contribution is 2.27. The number of likely N-dealkylation sites (N-methyl/N-ethyl adjacent to an activating group) is 1. The Kier molecular flexibility index (Phi) is 5.96. The fourth-order valence-electron chi connectivity index (χ4n) is 0.917. The number of rotatable bonds is 6. The molecule has 0 atom stereocenters. The second-order valence-electron chi connectivity index (χ2n) is 2.84. The van der Waals surface area contributed by atoms with Gasteiger partial charge < -0.3 is 24.9 Å². The Balaban J connectivity index is 4.11. The molecule has 8 nitrogen and oxygen atoms in total. The van der Waals surface area contributed by atoms with E-state index in [4.69, 9.17) is 25.4 Å². The lowest BCUT2D eigenvalue weighted by Gasteiger charge is -2.24. The van der Waals surface area contributed by atoms with Crippen LogP contribution in [0.2, 0.25) is 0 Å². The van der Waals surface area contributed by atoms with Crippen LogP contribution in [0.4, 0.5) is 0 Å². The maximum absolute atomic E-state index is 10.4. The van der Waals surface area contributed by atoms with Gasteiger partial charge in [-0.2, -0.15) is 0 Å². The summed E-state index contributed by atoms with van der Waals surface area (Å²) < 4.78 is 10.4. The molecule has 9 heteroatoms. The molecule has 0 aliphatic rings. The number of nitrogens with zero attached hydrogens (tertiary/aromatic N) is 1. The second-order valence-corrected chi connectivity index (χ2v) is 4.25. The summed E-state index contributed by atoms with van der Waals surface area (Å²) in [5, 5.41) is 26.6. The van der Waals surface area contributed by atoms with Gasteiger partial charge in [-0.1, -0.05) is 0 Å². The van der Waals surface area contributed by atoms with E-state index in [1.807, 2.05) is 5.09 Å². The van der Waals surface area contributed by atoms with Gasteiger partial charge in [0.1, 0.15) is 5.84 Å². The average molecular weight is 241 g/mol. The zero-order valence-electron chi connectivity index (χ0n) is 8.29. The molecular formula is C6H16N3O5P. The topological polar surface area (TPSA) is 137 Å². The average Bonchev–Trinajstić information content (AvgIpc) is 2.08. The fraction of sp³-hybridized carbons (Fsp3) is 0.833. The van der Waals surface area contributed by atoms with Crippen LogP contribution in [0.25, 0.3) is 0 Å². The van der Waals surface area contributed by atoms with Crippen molar-refractivity contribution in [3.8, 4) is 0 Å². The highest BCUT2D eigenvalue weighted by molar-refractivity contribution is 7.49. The maximum Gasteiger partial charge on any atom is 0.400 e. The normalized spacial score (nSPS) is 11.9. The Morgan fingerprint density at radius 1 is 1.53 bits per heavy atom. The molecule has 0 heterocycles. The van der Waals surface area contributed by atoms with Gasteiger partial charge in [0.05, 0.1) is 13.1 Å². The molecule has 0 aromatic carbocycles. The molecule has 0 aliphatic heterocycles. The van der Waals surface area contributed by atoms with Crippen molar-refractivity contribution < 1.29 is 24.6 Å². The van der Waals surface area contributed by atoms with Gasteiger partial charge in [0.15, 0.2) is 6.29 Å². The van der Waals surface area contributed by atoms with Crippen LogP contribution in [0.3, 0.4) is 0 Å². The van der Waals surface area contributed by atoms with Crippen molar-refractivity contribution in [3.05, 3.63) is 0 Å². The van der Waals surface area contributed by atoms with Crippen LogP contribution in [0.5, 0.6) is 0 Å². The van der Waals surface area contributed by atoms with Crippen molar-refractivity contribution in [3.63, 3.8) is 0 Å². The minimum atomic E-state index is -4.35. The Bertz CT molecular complexity index is 253.